The molecular weight excluding hydrogens is 458 g/mol. The highest BCUT2D eigenvalue weighted by Crippen LogP contribution is 2.35. The predicted molar refractivity (Wildman–Crippen MR) is 144 cm³/mol. The first-order chi connectivity index (χ1) is 17.1. The number of hydrogen-bond donors (Lipinski definition) is 2. The van der Waals surface area contributed by atoms with Crippen LogP contribution < -0.4 is 15.5 Å². The van der Waals surface area contributed by atoms with Crippen LogP contribution in [0.3, 0.4) is 0 Å². The van der Waals surface area contributed by atoms with Gasteiger partial charge in [-0.2, -0.15) is 4.52 Å². The van der Waals surface area contributed by atoms with Crippen molar-refractivity contribution in [2.75, 3.05) is 36.4 Å². The number of rotatable bonds is 7. The van der Waals surface area contributed by atoms with Crippen LogP contribution in [0.15, 0.2) is 24.3 Å². The summed E-state index contributed by atoms with van der Waals surface area (Å²) < 4.78 is 2.00. The molecule has 5 rings (SSSR count). The smallest absolute Gasteiger partial charge is 0.317 e. The van der Waals surface area contributed by atoms with Gasteiger partial charge in [0.1, 0.15) is 5.69 Å². The molecule has 0 bridgehead atoms. The van der Waals surface area contributed by atoms with Crippen molar-refractivity contribution in [3.05, 3.63) is 29.8 Å². The van der Waals surface area contributed by atoms with Gasteiger partial charge >= 0.3 is 6.03 Å². The highest BCUT2D eigenvalue weighted by molar-refractivity contribution is 7.20. The van der Waals surface area contributed by atoms with Crippen molar-refractivity contribution in [1.82, 2.24) is 24.8 Å². The topological polar surface area (TPSA) is 77.8 Å². The third-order valence-electron chi connectivity index (χ3n) is 7.34. The predicted octanol–water partition coefficient (Wildman–Crippen LogP) is 5.00. The van der Waals surface area contributed by atoms with Crippen LogP contribution in [0.5, 0.6) is 0 Å². The summed E-state index contributed by atoms with van der Waals surface area (Å²) in [6, 6.07) is 9.45. The molecule has 0 spiro atoms. The number of benzene rings is 1. The number of aryl methyl sites for hydroxylation is 1. The molecule has 1 unspecified atom stereocenters. The number of urea groups is 1. The first-order valence-electron chi connectivity index (χ1n) is 13.1. The quantitative estimate of drug-likeness (QED) is 0.482. The molecular formula is C26H37N7OS. The minimum atomic E-state index is 0.0368. The average molecular weight is 496 g/mol. The minimum absolute atomic E-state index is 0.0368. The lowest BCUT2D eigenvalue weighted by Gasteiger charge is -2.34. The Morgan fingerprint density at radius 1 is 1.11 bits per heavy atom. The number of nitrogens with one attached hydrogen (secondary N) is 2. The van der Waals surface area contributed by atoms with Crippen molar-refractivity contribution in [2.45, 2.75) is 71.4 Å². The fraction of sp³-hybridized carbons (Fsp3) is 0.577. The second kappa shape index (κ2) is 10.4. The van der Waals surface area contributed by atoms with Crippen LogP contribution in [0.1, 0.15) is 58.4 Å². The molecule has 8 nitrogen and oxygen atoms in total. The summed E-state index contributed by atoms with van der Waals surface area (Å²) >= 11 is 1.63. The van der Waals surface area contributed by atoms with Crippen LogP contribution in [0.2, 0.25) is 0 Å². The lowest BCUT2D eigenvalue weighted by molar-refractivity contribution is 0.190. The molecule has 1 aliphatic heterocycles. The van der Waals surface area contributed by atoms with Gasteiger partial charge in [-0.25, -0.2) is 9.78 Å². The molecule has 3 aromatic rings. The van der Waals surface area contributed by atoms with Gasteiger partial charge in [0.05, 0.1) is 0 Å². The summed E-state index contributed by atoms with van der Waals surface area (Å²) in [5.41, 5.74) is 3.44. The van der Waals surface area contributed by atoms with Gasteiger partial charge in [-0.15, -0.1) is 5.10 Å². The third-order valence-corrected chi connectivity index (χ3v) is 8.31. The van der Waals surface area contributed by atoms with Crippen molar-refractivity contribution in [3.63, 3.8) is 0 Å². The lowest BCUT2D eigenvalue weighted by atomic mass is 10.1. The SMILES string of the molecule is CCc1ccc(-c2nc3sc(N4CCN(C(=O)NC(C)CC)CC4)nn3c2NC2CCCC2)cc1. The van der Waals surface area contributed by atoms with E-state index in [4.69, 9.17) is 10.1 Å². The van der Waals surface area contributed by atoms with Crippen molar-refractivity contribution in [3.8, 4) is 11.3 Å². The number of fused-ring (bicyclic) bond motifs is 1. The van der Waals surface area contributed by atoms with Gasteiger partial charge in [0.15, 0.2) is 5.82 Å². The molecule has 1 aliphatic carbocycles. The molecule has 3 heterocycles. The van der Waals surface area contributed by atoms with Gasteiger partial charge in [-0.05, 0) is 38.2 Å². The zero-order valence-corrected chi connectivity index (χ0v) is 21.9. The molecule has 9 heteroatoms. The Morgan fingerprint density at radius 3 is 2.49 bits per heavy atom. The molecule has 0 radical (unpaired) electrons. The van der Waals surface area contributed by atoms with Gasteiger partial charge < -0.3 is 20.4 Å². The second-order valence-electron chi connectivity index (χ2n) is 9.80. The van der Waals surface area contributed by atoms with Crippen LogP contribution in [0.25, 0.3) is 16.2 Å². The first-order valence-corrected chi connectivity index (χ1v) is 13.9. The maximum Gasteiger partial charge on any atom is 0.317 e. The Bertz CT molecular complexity index is 1140. The summed E-state index contributed by atoms with van der Waals surface area (Å²) in [6.07, 6.45) is 6.91. The van der Waals surface area contributed by atoms with E-state index in [1.165, 1.54) is 31.2 Å². The highest BCUT2D eigenvalue weighted by atomic mass is 32.1. The third kappa shape index (κ3) is 5.10. The fourth-order valence-electron chi connectivity index (χ4n) is 4.86. The number of amides is 2. The van der Waals surface area contributed by atoms with Crippen molar-refractivity contribution >= 4 is 33.3 Å². The highest BCUT2D eigenvalue weighted by Gasteiger charge is 2.27. The standard InChI is InChI=1S/C26H37N7OS/c1-4-18(3)27-24(34)31-14-16-32(17-15-31)26-30-33-23(28-21-8-6-7-9-21)22(29-25(33)35-26)20-12-10-19(5-2)11-13-20/h10-13,18,21,28H,4-9,14-17H2,1-3H3,(H,27,34). The zero-order valence-electron chi connectivity index (χ0n) is 21.1. The van der Waals surface area contributed by atoms with E-state index >= 15 is 0 Å². The van der Waals surface area contributed by atoms with Crippen molar-refractivity contribution in [2.24, 2.45) is 0 Å². The molecule has 2 N–H and O–H groups in total. The molecule has 1 aromatic carbocycles. The van der Waals surface area contributed by atoms with E-state index in [2.05, 4.69) is 53.6 Å². The lowest BCUT2D eigenvalue weighted by Crippen LogP contribution is -2.53. The Labute approximate surface area is 211 Å². The Balaban J connectivity index is 1.36. The molecule has 1 saturated heterocycles. The molecule has 188 valence electrons. The van der Waals surface area contributed by atoms with E-state index in [9.17, 15) is 4.79 Å². The molecule has 2 aliphatic rings. The van der Waals surface area contributed by atoms with E-state index in [0.29, 0.717) is 19.1 Å². The fourth-order valence-corrected chi connectivity index (χ4v) is 5.82. The largest absolute Gasteiger partial charge is 0.365 e. The average Bonchev–Trinajstić information content (AvgIpc) is 3.62. The number of piperazine rings is 1. The van der Waals surface area contributed by atoms with E-state index in [1.807, 2.05) is 16.3 Å². The Morgan fingerprint density at radius 2 is 1.83 bits per heavy atom. The van der Waals surface area contributed by atoms with E-state index < -0.39 is 0 Å². The molecule has 2 aromatic heterocycles. The molecule has 2 amide bonds. The van der Waals surface area contributed by atoms with Gasteiger partial charge in [0.25, 0.3) is 0 Å². The Hall–Kier alpha value is -2.81. The van der Waals surface area contributed by atoms with E-state index in [0.717, 1.165) is 53.1 Å². The number of anilines is 2. The summed E-state index contributed by atoms with van der Waals surface area (Å²) in [5.74, 6) is 1.00. The number of aromatic nitrogens is 3. The zero-order chi connectivity index (χ0) is 24.4. The van der Waals surface area contributed by atoms with Crippen LogP contribution in [0.4, 0.5) is 15.7 Å². The second-order valence-corrected chi connectivity index (χ2v) is 10.7. The van der Waals surface area contributed by atoms with Gasteiger partial charge in [0.2, 0.25) is 10.1 Å². The number of carbonyl (C=O) groups is 1. The molecule has 2 fully saturated rings. The van der Waals surface area contributed by atoms with Gasteiger partial charge in [0, 0.05) is 43.8 Å². The van der Waals surface area contributed by atoms with Crippen molar-refractivity contribution in [1.29, 1.82) is 0 Å². The minimum Gasteiger partial charge on any atom is -0.365 e. The summed E-state index contributed by atoms with van der Waals surface area (Å²) in [7, 11) is 0. The van der Waals surface area contributed by atoms with Crippen LogP contribution in [-0.2, 0) is 6.42 Å². The van der Waals surface area contributed by atoms with E-state index in [1.54, 1.807) is 11.3 Å². The molecule has 35 heavy (non-hydrogen) atoms. The van der Waals surface area contributed by atoms with Crippen LogP contribution in [-0.4, -0.2) is 63.8 Å². The summed E-state index contributed by atoms with van der Waals surface area (Å²) in [4.78, 5) is 22.6. The molecule has 1 saturated carbocycles. The van der Waals surface area contributed by atoms with Crippen molar-refractivity contribution < 1.29 is 4.79 Å². The summed E-state index contributed by atoms with van der Waals surface area (Å²) in [5, 5.41) is 12.8. The van der Waals surface area contributed by atoms with Gasteiger partial charge in [-0.3, -0.25) is 0 Å². The van der Waals surface area contributed by atoms with Crippen LogP contribution in [0, 0.1) is 0 Å². The number of nitrogens with zero attached hydrogens (tertiary/aromatic N) is 5. The van der Waals surface area contributed by atoms with Gasteiger partial charge in [-0.1, -0.05) is 62.3 Å². The summed E-state index contributed by atoms with van der Waals surface area (Å²) in [6.45, 7) is 9.27. The number of carbonyl (C=O) groups excluding carboxylic acids is 1. The molecule has 1 atom stereocenters. The maximum absolute atomic E-state index is 12.5. The number of imidazole rings is 1. The first kappa shape index (κ1) is 23.9. The number of hydrogen-bond acceptors (Lipinski definition) is 6. The van der Waals surface area contributed by atoms with E-state index in [-0.39, 0.29) is 12.1 Å². The normalized spacial score (nSPS) is 17.8. The Kier molecular flexibility index (Phi) is 7.13. The maximum atomic E-state index is 12.5. The monoisotopic (exact) mass is 495 g/mol. The van der Waals surface area contributed by atoms with Crippen LogP contribution >= 0.6 is 11.3 Å².